The van der Waals surface area contributed by atoms with Gasteiger partial charge in [-0.25, -0.2) is 5.10 Å². The lowest BCUT2D eigenvalue weighted by Gasteiger charge is -2.05. The molecule has 1 N–H and O–H groups in total. The molecule has 0 fully saturated rings. The van der Waals surface area contributed by atoms with Gasteiger partial charge in [0.2, 0.25) is 4.77 Å². The Hall–Kier alpha value is -2.73. The molecule has 0 saturated heterocycles. The van der Waals surface area contributed by atoms with Gasteiger partial charge in [-0.3, -0.25) is 0 Å². The van der Waals surface area contributed by atoms with Crippen molar-refractivity contribution in [2.24, 2.45) is 5.10 Å². The van der Waals surface area contributed by atoms with Crippen molar-refractivity contribution in [3.8, 4) is 17.1 Å². The van der Waals surface area contributed by atoms with E-state index < -0.39 is 0 Å². The molecule has 6 heteroatoms. The van der Waals surface area contributed by atoms with Gasteiger partial charge in [-0.2, -0.15) is 14.9 Å². The van der Waals surface area contributed by atoms with Gasteiger partial charge in [0.05, 0.1) is 13.3 Å². The van der Waals surface area contributed by atoms with Crippen LogP contribution in [0.3, 0.4) is 0 Å². The van der Waals surface area contributed by atoms with Crippen LogP contribution in [0.4, 0.5) is 0 Å². The fourth-order valence-electron chi connectivity index (χ4n) is 2.29. The van der Waals surface area contributed by atoms with E-state index >= 15 is 0 Å². The maximum Gasteiger partial charge on any atom is 0.216 e. The van der Waals surface area contributed by atoms with Crippen LogP contribution in [0.1, 0.15) is 11.1 Å². The first-order chi connectivity index (χ1) is 11.2. The molecule has 0 radical (unpaired) electrons. The molecular formula is C17H16N4OS. The summed E-state index contributed by atoms with van der Waals surface area (Å²) in [6.45, 7) is 2.03. The highest BCUT2D eigenvalue weighted by Crippen LogP contribution is 2.21. The van der Waals surface area contributed by atoms with Gasteiger partial charge in [-0.15, -0.1) is 0 Å². The standard InChI is InChI=1S/C17H16N4OS/c1-12-7-3-5-9-14(12)16-19-20-17(23)21(16)18-11-13-8-4-6-10-15(13)22-2/h3-11H,1-2H3,(H,20,23)/b18-11+. The molecule has 0 amide bonds. The summed E-state index contributed by atoms with van der Waals surface area (Å²) in [6, 6.07) is 15.6. The Labute approximate surface area is 139 Å². The maximum atomic E-state index is 5.33. The number of para-hydroxylation sites is 1. The number of ether oxygens (including phenoxy) is 1. The summed E-state index contributed by atoms with van der Waals surface area (Å²) in [7, 11) is 1.63. The molecule has 0 unspecified atom stereocenters. The van der Waals surface area contributed by atoms with Crippen LogP contribution in [0.15, 0.2) is 53.6 Å². The van der Waals surface area contributed by atoms with E-state index in [1.807, 2.05) is 55.5 Å². The number of H-pyrrole nitrogens is 1. The second kappa shape index (κ2) is 6.58. The fraction of sp³-hybridized carbons (Fsp3) is 0.118. The monoisotopic (exact) mass is 324 g/mol. The third-order valence-electron chi connectivity index (χ3n) is 3.49. The number of aromatic amines is 1. The molecule has 0 bridgehead atoms. The highest BCUT2D eigenvalue weighted by Gasteiger charge is 2.10. The van der Waals surface area contributed by atoms with Crippen LogP contribution in [0.5, 0.6) is 5.75 Å². The van der Waals surface area contributed by atoms with E-state index in [9.17, 15) is 0 Å². The first kappa shape index (κ1) is 15.2. The van der Waals surface area contributed by atoms with Crippen molar-refractivity contribution in [2.75, 3.05) is 7.11 Å². The van der Waals surface area contributed by atoms with E-state index in [2.05, 4.69) is 15.3 Å². The van der Waals surface area contributed by atoms with Crippen LogP contribution in [-0.2, 0) is 0 Å². The Morgan fingerprint density at radius 2 is 1.91 bits per heavy atom. The molecule has 116 valence electrons. The lowest BCUT2D eigenvalue weighted by Crippen LogP contribution is -1.97. The molecule has 0 spiro atoms. The van der Waals surface area contributed by atoms with Crippen LogP contribution in [-0.4, -0.2) is 28.2 Å². The van der Waals surface area contributed by atoms with E-state index in [1.54, 1.807) is 18.0 Å². The van der Waals surface area contributed by atoms with Crippen molar-refractivity contribution >= 4 is 18.4 Å². The molecule has 3 aromatic rings. The van der Waals surface area contributed by atoms with Crippen LogP contribution >= 0.6 is 12.2 Å². The number of methoxy groups -OCH3 is 1. The van der Waals surface area contributed by atoms with E-state index in [4.69, 9.17) is 17.0 Å². The zero-order valence-electron chi connectivity index (χ0n) is 12.9. The summed E-state index contributed by atoms with van der Waals surface area (Å²) < 4.78 is 7.38. The van der Waals surface area contributed by atoms with Gasteiger partial charge in [0.15, 0.2) is 5.82 Å². The Morgan fingerprint density at radius 3 is 2.70 bits per heavy atom. The number of rotatable bonds is 4. The van der Waals surface area contributed by atoms with Gasteiger partial charge >= 0.3 is 0 Å². The summed E-state index contributed by atoms with van der Waals surface area (Å²) in [6.07, 6.45) is 1.71. The molecule has 0 saturated carbocycles. The van der Waals surface area contributed by atoms with Gasteiger partial charge < -0.3 is 4.74 Å². The normalized spacial score (nSPS) is 11.0. The van der Waals surface area contributed by atoms with Crippen molar-refractivity contribution in [1.29, 1.82) is 0 Å². The Kier molecular flexibility index (Phi) is 4.34. The van der Waals surface area contributed by atoms with Crippen LogP contribution in [0.25, 0.3) is 11.4 Å². The first-order valence-corrected chi connectivity index (χ1v) is 7.52. The zero-order valence-corrected chi connectivity index (χ0v) is 13.7. The number of benzene rings is 2. The van der Waals surface area contributed by atoms with Gasteiger partial charge in [0.1, 0.15) is 5.75 Å². The summed E-state index contributed by atoms with van der Waals surface area (Å²) in [5.41, 5.74) is 2.96. The Balaban J connectivity index is 2.05. The topological polar surface area (TPSA) is 55.2 Å². The van der Waals surface area contributed by atoms with Crippen molar-refractivity contribution < 1.29 is 4.74 Å². The minimum absolute atomic E-state index is 0.439. The molecule has 0 atom stereocenters. The first-order valence-electron chi connectivity index (χ1n) is 7.11. The highest BCUT2D eigenvalue weighted by atomic mass is 32.1. The van der Waals surface area contributed by atoms with E-state index in [-0.39, 0.29) is 0 Å². The average molecular weight is 324 g/mol. The predicted molar refractivity (Wildman–Crippen MR) is 93.6 cm³/mol. The lowest BCUT2D eigenvalue weighted by atomic mass is 10.1. The molecule has 5 nitrogen and oxygen atoms in total. The molecule has 23 heavy (non-hydrogen) atoms. The number of nitrogens with zero attached hydrogens (tertiary/aromatic N) is 3. The van der Waals surface area contributed by atoms with Crippen molar-refractivity contribution in [2.45, 2.75) is 6.92 Å². The smallest absolute Gasteiger partial charge is 0.216 e. The number of hydrogen-bond donors (Lipinski definition) is 1. The van der Waals surface area contributed by atoms with E-state index in [0.29, 0.717) is 10.6 Å². The SMILES string of the molecule is COc1ccccc1/C=N/n1c(-c2ccccc2C)n[nH]c1=S. The second-order valence-electron chi connectivity index (χ2n) is 4.97. The third-order valence-corrected chi connectivity index (χ3v) is 3.75. The van der Waals surface area contributed by atoms with Gasteiger partial charge in [0.25, 0.3) is 0 Å². The minimum atomic E-state index is 0.439. The van der Waals surface area contributed by atoms with Crippen molar-refractivity contribution in [3.05, 3.63) is 64.4 Å². The quantitative estimate of drug-likeness (QED) is 0.586. The Morgan fingerprint density at radius 1 is 1.17 bits per heavy atom. The summed E-state index contributed by atoms with van der Waals surface area (Å²) in [5.74, 6) is 1.43. The van der Waals surface area contributed by atoms with Gasteiger partial charge in [-0.05, 0) is 36.8 Å². The van der Waals surface area contributed by atoms with E-state index in [1.165, 1.54) is 0 Å². The van der Waals surface area contributed by atoms with Crippen LogP contribution < -0.4 is 4.74 Å². The number of aromatic nitrogens is 3. The summed E-state index contributed by atoms with van der Waals surface area (Å²) in [4.78, 5) is 0. The number of hydrogen-bond acceptors (Lipinski definition) is 4. The largest absolute Gasteiger partial charge is 0.496 e. The second-order valence-corrected chi connectivity index (χ2v) is 5.35. The lowest BCUT2D eigenvalue weighted by molar-refractivity contribution is 0.414. The van der Waals surface area contributed by atoms with Crippen molar-refractivity contribution in [1.82, 2.24) is 14.9 Å². The predicted octanol–water partition coefficient (Wildman–Crippen LogP) is 3.81. The van der Waals surface area contributed by atoms with Crippen molar-refractivity contribution in [3.63, 3.8) is 0 Å². The average Bonchev–Trinajstić information content (AvgIpc) is 2.94. The van der Waals surface area contributed by atoms with Crippen LogP contribution in [0.2, 0.25) is 0 Å². The number of nitrogens with one attached hydrogen (secondary N) is 1. The number of aryl methyl sites for hydroxylation is 1. The Bertz CT molecular complexity index is 911. The zero-order chi connectivity index (χ0) is 16.2. The maximum absolute atomic E-state index is 5.33. The fourth-order valence-corrected chi connectivity index (χ4v) is 2.47. The van der Waals surface area contributed by atoms with Gasteiger partial charge in [-0.1, -0.05) is 36.4 Å². The molecule has 0 aliphatic carbocycles. The molecule has 3 rings (SSSR count). The summed E-state index contributed by atoms with van der Waals surface area (Å²) in [5, 5.41) is 11.6. The van der Waals surface area contributed by atoms with E-state index in [0.717, 1.165) is 22.4 Å². The summed E-state index contributed by atoms with van der Waals surface area (Å²) >= 11 is 5.29. The molecule has 0 aliphatic heterocycles. The van der Waals surface area contributed by atoms with Gasteiger partial charge in [0, 0.05) is 11.1 Å². The molecular weight excluding hydrogens is 308 g/mol. The molecule has 2 aromatic carbocycles. The van der Waals surface area contributed by atoms with Crippen LogP contribution in [0, 0.1) is 11.7 Å². The molecule has 1 aromatic heterocycles. The molecule has 1 heterocycles. The molecule has 0 aliphatic rings. The third kappa shape index (κ3) is 3.07. The highest BCUT2D eigenvalue weighted by molar-refractivity contribution is 7.71. The minimum Gasteiger partial charge on any atom is -0.496 e.